The minimum atomic E-state index is -0.452. The number of carbonyl (C=O) groups excluding carboxylic acids is 1. The molecule has 2 heterocycles. The minimum absolute atomic E-state index is 0.179. The number of nitrogens with one attached hydrogen (secondary N) is 2. The quantitative estimate of drug-likeness (QED) is 0.606. The van der Waals surface area contributed by atoms with E-state index in [4.69, 9.17) is 4.74 Å². The van der Waals surface area contributed by atoms with E-state index in [0.29, 0.717) is 41.3 Å². The molecule has 34 heavy (non-hydrogen) atoms. The Labute approximate surface area is 197 Å². The number of H-pyrrole nitrogens is 1. The van der Waals surface area contributed by atoms with Crippen LogP contribution in [0.4, 0.5) is 0 Å². The van der Waals surface area contributed by atoms with Crippen molar-refractivity contribution in [1.82, 2.24) is 19.8 Å². The van der Waals surface area contributed by atoms with E-state index in [2.05, 4.69) is 16.4 Å². The van der Waals surface area contributed by atoms with Crippen LogP contribution in [-0.4, -0.2) is 54.1 Å². The van der Waals surface area contributed by atoms with E-state index in [1.165, 1.54) is 20.6 Å². The Morgan fingerprint density at radius 1 is 1.21 bits per heavy atom. The Balaban J connectivity index is 1.42. The first kappa shape index (κ1) is 22.4. The zero-order valence-electron chi connectivity index (χ0n) is 19.8. The fourth-order valence-corrected chi connectivity index (χ4v) is 5.72. The number of hydrogen-bond donors (Lipinski definition) is 2. The number of nitrogens with zero attached hydrogens (tertiary/aromatic N) is 2. The monoisotopic (exact) mass is 462 g/mol. The van der Waals surface area contributed by atoms with Gasteiger partial charge in [0.05, 0.1) is 18.0 Å². The zero-order chi connectivity index (χ0) is 24.0. The maximum atomic E-state index is 13.1. The van der Waals surface area contributed by atoms with Gasteiger partial charge in [0.15, 0.2) is 0 Å². The molecular weight excluding hydrogens is 432 g/mol. The summed E-state index contributed by atoms with van der Waals surface area (Å²) in [6, 6.07) is 11.2. The summed E-state index contributed by atoms with van der Waals surface area (Å²) in [4.78, 5) is 42.5. The van der Waals surface area contributed by atoms with Crippen LogP contribution in [0.25, 0.3) is 10.9 Å². The first-order chi connectivity index (χ1) is 16.4. The van der Waals surface area contributed by atoms with Gasteiger partial charge in [0.25, 0.3) is 11.5 Å². The maximum absolute atomic E-state index is 13.1. The van der Waals surface area contributed by atoms with E-state index in [0.717, 1.165) is 25.1 Å². The van der Waals surface area contributed by atoms with Gasteiger partial charge in [-0.05, 0) is 67.1 Å². The molecule has 1 aromatic heterocycles. The van der Waals surface area contributed by atoms with Gasteiger partial charge in [-0.15, -0.1) is 0 Å². The number of hydrogen-bond acceptors (Lipinski definition) is 5. The summed E-state index contributed by atoms with van der Waals surface area (Å²) in [6.07, 6.45) is 2.78. The van der Waals surface area contributed by atoms with Gasteiger partial charge in [-0.1, -0.05) is 12.1 Å². The Morgan fingerprint density at radius 2 is 2.03 bits per heavy atom. The Morgan fingerprint density at radius 3 is 2.79 bits per heavy atom. The average molecular weight is 463 g/mol. The summed E-state index contributed by atoms with van der Waals surface area (Å²) in [5.74, 6) is 1.65. The van der Waals surface area contributed by atoms with Crippen molar-refractivity contribution in [3.63, 3.8) is 0 Å². The molecule has 2 aromatic carbocycles. The molecule has 8 nitrogen and oxygen atoms in total. The summed E-state index contributed by atoms with van der Waals surface area (Å²) < 4.78 is 6.88. The van der Waals surface area contributed by atoms with Gasteiger partial charge in [0, 0.05) is 38.2 Å². The van der Waals surface area contributed by atoms with Crippen LogP contribution in [0.5, 0.6) is 5.75 Å². The molecule has 2 N–H and O–H groups in total. The highest BCUT2D eigenvalue weighted by molar-refractivity contribution is 5.97. The highest BCUT2D eigenvalue weighted by atomic mass is 16.5. The van der Waals surface area contributed by atoms with Gasteiger partial charge in [-0.3, -0.25) is 14.2 Å². The van der Waals surface area contributed by atoms with Gasteiger partial charge in [-0.25, -0.2) is 4.79 Å². The lowest BCUT2D eigenvalue weighted by Gasteiger charge is -2.32. The molecule has 0 spiro atoms. The largest absolute Gasteiger partial charge is 0.496 e. The number of ether oxygens (including phenoxy) is 1. The van der Waals surface area contributed by atoms with Gasteiger partial charge < -0.3 is 19.9 Å². The lowest BCUT2D eigenvalue weighted by molar-refractivity contribution is 0.0827. The van der Waals surface area contributed by atoms with Crippen LogP contribution in [0.2, 0.25) is 0 Å². The Kier molecular flexibility index (Phi) is 5.77. The van der Waals surface area contributed by atoms with Crippen molar-refractivity contribution in [1.29, 1.82) is 0 Å². The fraction of sp³-hybridized carbons (Fsp3) is 0.423. The van der Waals surface area contributed by atoms with Crippen LogP contribution in [0.1, 0.15) is 40.2 Å². The van der Waals surface area contributed by atoms with Crippen LogP contribution >= 0.6 is 0 Å². The second-order valence-electron chi connectivity index (χ2n) is 9.50. The number of methoxy groups -OCH3 is 1. The van der Waals surface area contributed by atoms with Crippen LogP contribution in [0, 0.1) is 5.92 Å². The molecule has 0 bridgehead atoms. The van der Waals surface area contributed by atoms with Crippen molar-refractivity contribution in [3.05, 3.63) is 73.9 Å². The molecule has 8 heteroatoms. The summed E-state index contributed by atoms with van der Waals surface area (Å²) in [5.41, 5.74) is 2.63. The van der Waals surface area contributed by atoms with E-state index in [1.54, 1.807) is 39.4 Å². The molecule has 0 saturated carbocycles. The smallest absolute Gasteiger partial charge is 0.328 e. The van der Waals surface area contributed by atoms with E-state index in [1.807, 2.05) is 12.1 Å². The minimum Gasteiger partial charge on any atom is -0.496 e. The van der Waals surface area contributed by atoms with Crippen LogP contribution in [0.15, 0.2) is 46.0 Å². The van der Waals surface area contributed by atoms with Crippen molar-refractivity contribution in [2.75, 3.05) is 27.7 Å². The van der Waals surface area contributed by atoms with Crippen LogP contribution < -0.4 is 21.3 Å². The standard InChI is InChI=1S/C26H30N4O4/c1-29(2)24(31)15-7-10-19-21(13-15)28-26(33)30(25(19)32)12-11-20-23-16(14-27-20)8-9-17-18(23)5-4-6-22(17)34-3/h4-7,10,13,16,20,23,27H,8-9,11-12,14H2,1-3H3,(H,28,33)/t16-,20?,23+/m0/s1. The summed E-state index contributed by atoms with van der Waals surface area (Å²) in [7, 11) is 5.04. The maximum Gasteiger partial charge on any atom is 0.328 e. The van der Waals surface area contributed by atoms with Crippen LogP contribution in [0.3, 0.4) is 0 Å². The number of rotatable bonds is 5. The molecule has 5 rings (SSSR count). The second-order valence-corrected chi connectivity index (χ2v) is 9.50. The Hall–Kier alpha value is -3.39. The zero-order valence-corrected chi connectivity index (χ0v) is 19.8. The van der Waals surface area contributed by atoms with E-state index in [9.17, 15) is 14.4 Å². The molecule has 2 aliphatic rings. The molecule has 1 fully saturated rings. The van der Waals surface area contributed by atoms with Gasteiger partial charge in [-0.2, -0.15) is 0 Å². The lowest BCUT2D eigenvalue weighted by Crippen LogP contribution is -2.38. The van der Waals surface area contributed by atoms with Crippen molar-refractivity contribution in [3.8, 4) is 5.75 Å². The molecule has 1 saturated heterocycles. The summed E-state index contributed by atoms with van der Waals surface area (Å²) >= 11 is 0. The molecule has 1 aliphatic carbocycles. The van der Waals surface area contributed by atoms with Crippen molar-refractivity contribution in [2.24, 2.45) is 5.92 Å². The molecule has 178 valence electrons. The molecule has 1 unspecified atom stereocenters. The first-order valence-electron chi connectivity index (χ1n) is 11.8. The summed E-state index contributed by atoms with van der Waals surface area (Å²) in [5, 5.41) is 4.05. The average Bonchev–Trinajstić information content (AvgIpc) is 3.26. The number of fused-ring (bicyclic) bond motifs is 4. The lowest BCUT2D eigenvalue weighted by atomic mass is 9.73. The van der Waals surface area contributed by atoms with Gasteiger partial charge >= 0.3 is 5.69 Å². The SMILES string of the molecule is COc1cccc2c1CC[C@H]1CNC(CCn3c(=O)[nH]c4cc(C(=O)N(C)C)ccc4c3=O)[C@@H]21. The number of carbonyl (C=O) groups is 1. The predicted molar refractivity (Wildman–Crippen MR) is 131 cm³/mol. The van der Waals surface area contributed by atoms with Crippen molar-refractivity contribution < 1.29 is 9.53 Å². The van der Waals surface area contributed by atoms with Crippen molar-refractivity contribution >= 4 is 16.8 Å². The van der Waals surface area contributed by atoms with Crippen molar-refractivity contribution in [2.45, 2.75) is 37.8 Å². The third-order valence-electron chi connectivity index (χ3n) is 7.40. The highest BCUT2D eigenvalue weighted by Gasteiger charge is 2.40. The number of aromatic amines is 1. The van der Waals surface area contributed by atoms with E-state index in [-0.39, 0.29) is 17.5 Å². The molecule has 1 aliphatic heterocycles. The molecule has 3 aromatic rings. The van der Waals surface area contributed by atoms with Gasteiger partial charge in [0.1, 0.15) is 5.75 Å². The first-order valence-corrected chi connectivity index (χ1v) is 11.8. The second kappa shape index (κ2) is 8.76. The topological polar surface area (TPSA) is 96.4 Å². The predicted octanol–water partition coefficient (Wildman–Crippen LogP) is 2.11. The van der Waals surface area contributed by atoms with E-state index >= 15 is 0 Å². The number of aromatic nitrogens is 2. The summed E-state index contributed by atoms with van der Waals surface area (Å²) in [6.45, 7) is 1.26. The Bertz CT molecular complexity index is 1370. The van der Waals surface area contributed by atoms with E-state index < -0.39 is 5.69 Å². The molecule has 0 radical (unpaired) electrons. The van der Waals surface area contributed by atoms with Gasteiger partial charge in [0.2, 0.25) is 0 Å². The molecular formula is C26H30N4O4. The van der Waals surface area contributed by atoms with Crippen LogP contribution in [-0.2, 0) is 13.0 Å². The fourth-order valence-electron chi connectivity index (χ4n) is 5.72. The molecule has 3 atom stereocenters. The normalized spacial score (nSPS) is 21.2. The number of amides is 1. The third kappa shape index (κ3) is 3.72. The molecule has 1 amide bonds. The third-order valence-corrected chi connectivity index (χ3v) is 7.40. The highest BCUT2D eigenvalue weighted by Crippen LogP contribution is 2.45. The number of benzene rings is 2.